The molecule has 192 valence electrons. The molecule has 1 aliphatic rings. The molecular formula is C27H24F3N3O2S2. The van der Waals surface area contributed by atoms with Crippen LogP contribution < -0.4 is 16.0 Å². The first-order valence-electron chi connectivity index (χ1n) is 11.6. The van der Waals surface area contributed by atoms with Crippen LogP contribution in [-0.2, 0) is 6.42 Å². The Bertz CT molecular complexity index is 1550. The molecule has 2 aromatic carbocycles. The number of halogens is 3. The number of nitrogens with zero attached hydrogens (tertiary/aromatic N) is 2. The fraction of sp³-hybridized carbons (Fsp3) is 0.259. The molecule has 3 heterocycles. The molecule has 2 aromatic heterocycles. The second kappa shape index (κ2) is 10.00. The van der Waals surface area contributed by atoms with Gasteiger partial charge in [0.1, 0.15) is 16.6 Å². The van der Waals surface area contributed by atoms with Gasteiger partial charge in [-0.3, -0.25) is 9.36 Å². The van der Waals surface area contributed by atoms with Gasteiger partial charge in [-0.15, -0.1) is 23.1 Å². The van der Waals surface area contributed by atoms with Gasteiger partial charge in [0.25, 0.3) is 5.56 Å². The molecule has 37 heavy (non-hydrogen) atoms. The van der Waals surface area contributed by atoms with Crippen LogP contribution in [0.25, 0.3) is 11.1 Å². The van der Waals surface area contributed by atoms with Crippen LogP contribution in [0.1, 0.15) is 38.7 Å². The monoisotopic (exact) mass is 543 g/mol. The van der Waals surface area contributed by atoms with Crippen LogP contribution in [0.4, 0.5) is 13.2 Å². The molecule has 0 bridgehead atoms. The van der Waals surface area contributed by atoms with Crippen LogP contribution in [0, 0.1) is 31.3 Å². The maximum absolute atomic E-state index is 15.4. The summed E-state index contributed by atoms with van der Waals surface area (Å²) in [5.74, 6) is -1.60. The standard InChI is InChI=1S/C27H24F3N3O2S2/c1-13-11-32-25(37-13)24(31)20-12-36-27-16(10-17-18(28)7-5-8-19(17)29)14(2)22(26(34)33(20)27)15-6-4-9-21(35-3)23(15)30/h4-9,11,20,24H,10,12,31H2,1-3H3/t20-,24?/m0/s1. The van der Waals surface area contributed by atoms with Crippen molar-refractivity contribution in [1.82, 2.24) is 9.55 Å². The Morgan fingerprint density at radius 2 is 1.84 bits per heavy atom. The van der Waals surface area contributed by atoms with Crippen molar-refractivity contribution in [2.24, 2.45) is 5.73 Å². The van der Waals surface area contributed by atoms with Crippen molar-refractivity contribution in [2.75, 3.05) is 12.9 Å². The fourth-order valence-electron chi connectivity index (χ4n) is 4.75. The van der Waals surface area contributed by atoms with E-state index in [9.17, 15) is 13.6 Å². The normalized spacial score (nSPS) is 15.6. The maximum Gasteiger partial charge on any atom is 0.260 e. The fourth-order valence-corrected chi connectivity index (χ4v) is 7.02. The van der Waals surface area contributed by atoms with Gasteiger partial charge in [0.05, 0.1) is 29.8 Å². The first kappa shape index (κ1) is 25.6. The molecule has 2 atom stereocenters. The van der Waals surface area contributed by atoms with E-state index in [1.807, 2.05) is 6.92 Å². The van der Waals surface area contributed by atoms with Gasteiger partial charge in [0.2, 0.25) is 0 Å². The van der Waals surface area contributed by atoms with Crippen molar-refractivity contribution in [3.05, 3.63) is 97.0 Å². The van der Waals surface area contributed by atoms with Gasteiger partial charge < -0.3 is 10.5 Å². The van der Waals surface area contributed by atoms with Crippen LogP contribution >= 0.6 is 23.1 Å². The quantitative estimate of drug-likeness (QED) is 0.325. The highest BCUT2D eigenvalue weighted by Gasteiger charge is 2.36. The average Bonchev–Trinajstić information content (AvgIpc) is 3.51. The second-order valence-corrected chi connectivity index (χ2v) is 11.1. The maximum atomic E-state index is 15.4. The van der Waals surface area contributed by atoms with E-state index in [0.29, 0.717) is 26.9 Å². The summed E-state index contributed by atoms with van der Waals surface area (Å²) in [6.45, 7) is 3.61. The van der Waals surface area contributed by atoms with Crippen molar-refractivity contribution >= 4 is 23.1 Å². The van der Waals surface area contributed by atoms with Crippen LogP contribution in [0.2, 0.25) is 0 Å². The van der Waals surface area contributed by atoms with Crippen molar-refractivity contribution in [2.45, 2.75) is 37.4 Å². The van der Waals surface area contributed by atoms with E-state index in [1.165, 1.54) is 60.5 Å². The third kappa shape index (κ3) is 4.36. The highest BCUT2D eigenvalue weighted by Crippen LogP contribution is 2.44. The zero-order chi connectivity index (χ0) is 26.4. The Morgan fingerprint density at radius 1 is 1.14 bits per heavy atom. The number of aromatic nitrogens is 2. The number of hydrogen-bond donors (Lipinski definition) is 1. The number of rotatable bonds is 6. The summed E-state index contributed by atoms with van der Waals surface area (Å²) in [6.07, 6.45) is 1.62. The van der Waals surface area contributed by atoms with Crippen LogP contribution in [0.15, 0.2) is 52.4 Å². The predicted molar refractivity (Wildman–Crippen MR) is 140 cm³/mol. The van der Waals surface area contributed by atoms with Crippen molar-refractivity contribution in [1.29, 1.82) is 0 Å². The molecule has 5 nitrogen and oxygen atoms in total. The molecule has 0 spiro atoms. The molecule has 0 aliphatic carbocycles. The highest BCUT2D eigenvalue weighted by atomic mass is 32.2. The van der Waals surface area contributed by atoms with E-state index in [1.54, 1.807) is 23.8 Å². The van der Waals surface area contributed by atoms with Crippen LogP contribution in [0.5, 0.6) is 5.75 Å². The van der Waals surface area contributed by atoms with Gasteiger partial charge in [-0.2, -0.15) is 0 Å². The van der Waals surface area contributed by atoms with E-state index >= 15 is 4.39 Å². The molecule has 0 amide bonds. The number of methoxy groups -OCH3 is 1. The lowest BCUT2D eigenvalue weighted by Gasteiger charge is -2.23. The first-order chi connectivity index (χ1) is 17.7. The average molecular weight is 544 g/mol. The molecule has 4 aromatic rings. The molecule has 0 fully saturated rings. The van der Waals surface area contributed by atoms with Crippen molar-refractivity contribution in [3.8, 4) is 16.9 Å². The molecular weight excluding hydrogens is 519 g/mol. The van der Waals surface area contributed by atoms with E-state index in [2.05, 4.69) is 4.98 Å². The van der Waals surface area contributed by atoms with E-state index in [-0.39, 0.29) is 28.9 Å². The summed E-state index contributed by atoms with van der Waals surface area (Å²) >= 11 is 2.85. The summed E-state index contributed by atoms with van der Waals surface area (Å²) in [5.41, 5.74) is 7.25. The number of ether oxygens (including phenoxy) is 1. The minimum Gasteiger partial charge on any atom is -0.494 e. The minimum absolute atomic E-state index is 0.00983. The summed E-state index contributed by atoms with van der Waals surface area (Å²) in [7, 11) is 1.35. The molecule has 0 saturated carbocycles. The topological polar surface area (TPSA) is 70.1 Å². The Morgan fingerprint density at radius 3 is 2.49 bits per heavy atom. The SMILES string of the molecule is COc1cccc(-c2c(C)c(Cc3c(F)cccc3F)c3n(c2=O)[C@H](C(N)c2ncc(C)s2)CS3)c1F. The van der Waals surface area contributed by atoms with E-state index in [0.717, 1.165) is 4.88 Å². The zero-order valence-electron chi connectivity index (χ0n) is 20.3. The van der Waals surface area contributed by atoms with Gasteiger partial charge in [0, 0.05) is 34.4 Å². The molecule has 2 N–H and O–H groups in total. The second-order valence-electron chi connectivity index (χ2n) is 8.87. The predicted octanol–water partition coefficient (Wildman–Crippen LogP) is 5.95. The minimum atomic E-state index is -0.687. The molecule has 10 heteroatoms. The lowest BCUT2D eigenvalue weighted by atomic mass is 9.93. The number of pyridine rings is 1. The number of benzene rings is 2. The third-order valence-electron chi connectivity index (χ3n) is 6.67. The molecule has 1 unspecified atom stereocenters. The van der Waals surface area contributed by atoms with Crippen LogP contribution in [-0.4, -0.2) is 22.4 Å². The lowest BCUT2D eigenvalue weighted by Crippen LogP contribution is -2.33. The van der Waals surface area contributed by atoms with Crippen LogP contribution in [0.3, 0.4) is 0 Å². The Hall–Kier alpha value is -3.08. The molecule has 1 aliphatic heterocycles. The third-order valence-corrected chi connectivity index (χ3v) is 8.91. The smallest absolute Gasteiger partial charge is 0.260 e. The van der Waals surface area contributed by atoms with Crippen molar-refractivity contribution < 1.29 is 17.9 Å². The number of thiazole rings is 1. The first-order valence-corrected chi connectivity index (χ1v) is 13.4. The molecule has 0 radical (unpaired) electrons. The summed E-state index contributed by atoms with van der Waals surface area (Å²) in [5, 5.41) is 1.25. The number of aryl methyl sites for hydroxylation is 1. The Kier molecular flexibility index (Phi) is 6.91. The molecule has 0 saturated heterocycles. The summed E-state index contributed by atoms with van der Waals surface area (Å²) < 4.78 is 51.5. The number of fused-ring (bicyclic) bond motifs is 1. The van der Waals surface area contributed by atoms with Gasteiger partial charge in [-0.1, -0.05) is 18.2 Å². The number of nitrogens with two attached hydrogens (primary N) is 1. The highest BCUT2D eigenvalue weighted by molar-refractivity contribution is 7.99. The molecule has 5 rings (SSSR count). The number of hydrogen-bond acceptors (Lipinski definition) is 6. The Balaban J connectivity index is 1.77. The van der Waals surface area contributed by atoms with Gasteiger partial charge in [0.15, 0.2) is 11.6 Å². The van der Waals surface area contributed by atoms with E-state index < -0.39 is 35.1 Å². The zero-order valence-corrected chi connectivity index (χ0v) is 22.0. The largest absolute Gasteiger partial charge is 0.494 e. The van der Waals surface area contributed by atoms with Crippen molar-refractivity contribution in [3.63, 3.8) is 0 Å². The van der Waals surface area contributed by atoms with E-state index in [4.69, 9.17) is 10.5 Å². The Labute approximate surface area is 220 Å². The van der Waals surface area contributed by atoms with Gasteiger partial charge in [-0.25, -0.2) is 18.2 Å². The summed E-state index contributed by atoms with van der Waals surface area (Å²) in [6, 6.07) is 7.20. The summed E-state index contributed by atoms with van der Waals surface area (Å²) in [4.78, 5) is 19.4. The van der Waals surface area contributed by atoms with Gasteiger partial charge in [-0.05, 0) is 43.2 Å². The van der Waals surface area contributed by atoms with Gasteiger partial charge >= 0.3 is 0 Å². The number of thioether (sulfide) groups is 1. The lowest BCUT2D eigenvalue weighted by molar-refractivity contribution is 0.387.